The molecule has 3 rings (SSSR count). The number of nitrogens with one attached hydrogen (secondary N) is 2. The van der Waals surface area contributed by atoms with E-state index in [9.17, 15) is 22.8 Å². The van der Waals surface area contributed by atoms with Crippen molar-refractivity contribution in [3.05, 3.63) is 48.0 Å². The number of halogens is 3. The van der Waals surface area contributed by atoms with Gasteiger partial charge < -0.3 is 19.7 Å². The summed E-state index contributed by atoms with van der Waals surface area (Å²) < 4.78 is 48.2. The monoisotopic (exact) mass is 452 g/mol. The topological polar surface area (TPSA) is 92.8 Å². The lowest BCUT2D eigenvalue weighted by Gasteiger charge is -2.33. The molecule has 2 aromatic rings. The Morgan fingerprint density at radius 2 is 1.81 bits per heavy atom. The smallest absolute Gasteiger partial charge is 0.471 e. The number of aromatic nitrogens is 1. The first kappa shape index (κ1) is 23.2. The molecule has 0 atom stereocenters. The number of hydrogen-bond acceptors (Lipinski definition) is 6. The summed E-state index contributed by atoms with van der Waals surface area (Å²) in [7, 11) is 1.44. The van der Waals surface area contributed by atoms with Crippen molar-refractivity contribution in [2.75, 3.05) is 30.8 Å². The highest BCUT2D eigenvalue weighted by Gasteiger charge is 2.43. The first-order valence-electron chi connectivity index (χ1n) is 9.91. The Kier molecular flexibility index (Phi) is 7.39. The lowest BCUT2D eigenvalue weighted by Crippen LogP contribution is -2.47. The first-order chi connectivity index (χ1) is 15.3. The van der Waals surface area contributed by atoms with E-state index in [4.69, 9.17) is 9.47 Å². The number of rotatable bonds is 6. The molecule has 8 nitrogen and oxygen atoms in total. The van der Waals surface area contributed by atoms with Gasteiger partial charge in [0.05, 0.1) is 12.8 Å². The minimum atomic E-state index is -4.88. The van der Waals surface area contributed by atoms with E-state index in [2.05, 4.69) is 15.6 Å². The van der Waals surface area contributed by atoms with Crippen LogP contribution in [0.15, 0.2) is 42.5 Å². The molecule has 1 aromatic carbocycles. The van der Waals surface area contributed by atoms with Crippen LogP contribution in [0, 0.1) is 0 Å². The molecular weight excluding hydrogens is 429 g/mol. The van der Waals surface area contributed by atoms with Gasteiger partial charge in [0.15, 0.2) is 5.82 Å². The van der Waals surface area contributed by atoms with Crippen LogP contribution in [0.4, 0.5) is 29.5 Å². The van der Waals surface area contributed by atoms with Gasteiger partial charge in [-0.2, -0.15) is 18.2 Å². The predicted molar refractivity (Wildman–Crippen MR) is 110 cm³/mol. The summed E-state index contributed by atoms with van der Waals surface area (Å²) in [4.78, 5) is 28.7. The van der Waals surface area contributed by atoms with Gasteiger partial charge in [-0.1, -0.05) is 30.3 Å². The summed E-state index contributed by atoms with van der Waals surface area (Å²) >= 11 is 0. The SMILES string of the molecule is COc1ccc(NC(=O)OCc2ccccc2)c(NC2CCN(C(=O)C(F)(F)F)CC2)n1. The van der Waals surface area contributed by atoms with Crippen molar-refractivity contribution in [3.63, 3.8) is 0 Å². The highest BCUT2D eigenvalue weighted by Crippen LogP contribution is 2.27. The van der Waals surface area contributed by atoms with E-state index >= 15 is 0 Å². The molecule has 0 bridgehead atoms. The van der Waals surface area contributed by atoms with Crippen molar-refractivity contribution in [2.45, 2.75) is 31.7 Å². The second-order valence-electron chi connectivity index (χ2n) is 7.15. The van der Waals surface area contributed by atoms with Crippen LogP contribution < -0.4 is 15.4 Å². The Morgan fingerprint density at radius 3 is 2.44 bits per heavy atom. The average molecular weight is 452 g/mol. The third-order valence-corrected chi connectivity index (χ3v) is 4.89. The van der Waals surface area contributed by atoms with Gasteiger partial charge in [0, 0.05) is 25.2 Å². The van der Waals surface area contributed by atoms with E-state index in [1.54, 1.807) is 12.1 Å². The molecule has 2 N–H and O–H groups in total. The number of pyridine rings is 1. The Labute approximate surface area is 182 Å². The molecule has 32 heavy (non-hydrogen) atoms. The van der Waals surface area contributed by atoms with Crippen LogP contribution in [0.1, 0.15) is 18.4 Å². The number of nitrogens with zero attached hydrogens (tertiary/aromatic N) is 2. The van der Waals surface area contributed by atoms with Crippen molar-refractivity contribution in [1.29, 1.82) is 0 Å². The van der Waals surface area contributed by atoms with Crippen LogP contribution >= 0.6 is 0 Å². The Bertz CT molecular complexity index is 932. The number of piperidine rings is 1. The highest BCUT2D eigenvalue weighted by molar-refractivity contribution is 5.88. The number of amides is 2. The summed E-state index contributed by atoms with van der Waals surface area (Å²) in [5.41, 5.74) is 1.16. The molecule has 0 saturated carbocycles. The van der Waals surface area contributed by atoms with Gasteiger partial charge in [-0.3, -0.25) is 10.1 Å². The Hall–Kier alpha value is -3.50. The second kappa shape index (κ2) is 10.2. The van der Waals surface area contributed by atoms with Gasteiger partial charge in [0.1, 0.15) is 6.61 Å². The number of alkyl halides is 3. The number of carbonyl (C=O) groups excluding carboxylic acids is 2. The normalized spacial score (nSPS) is 14.6. The minimum Gasteiger partial charge on any atom is -0.481 e. The number of likely N-dealkylation sites (tertiary alicyclic amines) is 1. The van der Waals surface area contributed by atoms with Crippen molar-refractivity contribution in [2.24, 2.45) is 0 Å². The summed E-state index contributed by atoms with van der Waals surface area (Å²) in [6, 6.07) is 12.1. The van der Waals surface area contributed by atoms with E-state index in [-0.39, 0.29) is 25.7 Å². The van der Waals surface area contributed by atoms with Crippen molar-refractivity contribution in [3.8, 4) is 5.88 Å². The van der Waals surface area contributed by atoms with Crippen LogP contribution in [-0.2, 0) is 16.1 Å². The molecule has 2 heterocycles. The maximum Gasteiger partial charge on any atom is 0.471 e. The average Bonchev–Trinajstić information content (AvgIpc) is 2.79. The van der Waals surface area contributed by atoms with Gasteiger partial charge >= 0.3 is 18.2 Å². The zero-order chi connectivity index (χ0) is 23.1. The highest BCUT2D eigenvalue weighted by atomic mass is 19.4. The number of benzene rings is 1. The lowest BCUT2D eigenvalue weighted by molar-refractivity contribution is -0.186. The molecule has 1 fully saturated rings. The van der Waals surface area contributed by atoms with Crippen LogP contribution in [0.2, 0.25) is 0 Å². The fourth-order valence-corrected chi connectivity index (χ4v) is 3.23. The first-order valence-corrected chi connectivity index (χ1v) is 9.91. The molecular formula is C21H23F3N4O4. The van der Waals surface area contributed by atoms with Gasteiger partial charge in [0.25, 0.3) is 0 Å². The van der Waals surface area contributed by atoms with Gasteiger partial charge in [-0.15, -0.1) is 0 Å². The number of anilines is 2. The third kappa shape index (κ3) is 6.25. The third-order valence-electron chi connectivity index (χ3n) is 4.89. The standard InChI is InChI=1S/C21H23F3N4O4/c1-31-17-8-7-16(26-20(30)32-13-14-5-3-2-4-6-14)18(27-17)25-15-9-11-28(12-10-15)19(29)21(22,23)24/h2-8,15H,9-13H2,1H3,(H,25,27)(H,26,30). The maximum absolute atomic E-state index is 12.6. The number of methoxy groups -OCH3 is 1. The van der Waals surface area contributed by atoms with E-state index < -0.39 is 18.2 Å². The fraction of sp³-hybridized carbons (Fsp3) is 0.381. The van der Waals surface area contributed by atoms with E-state index in [0.717, 1.165) is 10.5 Å². The van der Waals surface area contributed by atoms with Gasteiger partial charge in [-0.05, 0) is 24.5 Å². The van der Waals surface area contributed by atoms with Crippen molar-refractivity contribution < 1.29 is 32.2 Å². The number of carbonyl (C=O) groups is 2. The molecule has 1 saturated heterocycles. The maximum atomic E-state index is 12.6. The van der Waals surface area contributed by atoms with E-state index in [1.807, 2.05) is 30.3 Å². The molecule has 2 amide bonds. The zero-order valence-electron chi connectivity index (χ0n) is 17.3. The predicted octanol–water partition coefficient (Wildman–Crippen LogP) is 3.80. The van der Waals surface area contributed by atoms with Crippen LogP contribution in [0.5, 0.6) is 5.88 Å². The summed E-state index contributed by atoms with van der Waals surface area (Å²) in [5.74, 6) is -1.25. The molecule has 1 aliphatic rings. The zero-order valence-corrected chi connectivity index (χ0v) is 17.3. The fourth-order valence-electron chi connectivity index (χ4n) is 3.23. The quantitative estimate of drug-likeness (QED) is 0.693. The number of hydrogen-bond donors (Lipinski definition) is 2. The largest absolute Gasteiger partial charge is 0.481 e. The van der Waals surface area contributed by atoms with Crippen LogP contribution in [0.25, 0.3) is 0 Å². The minimum absolute atomic E-state index is 0.0398. The summed E-state index contributed by atoms with van der Waals surface area (Å²) in [6.07, 6.45) is -4.99. The lowest BCUT2D eigenvalue weighted by atomic mass is 10.0. The Morgan fingerprint density at radius 1 is 1.12 bits per heavy atom. The molecule has 0 unspecified atom stereocenters. The second-order valence-corrected chi connectivity index (χ2v) is 7.15. The van der Waals surface area contributed by atoms with Gasteiger partial charge in [-0.25, -0.2) is 4.79 Å². The van der Waals surface area contributed by atoms with Gasteiger partial charge in [0.2, 0.25) is 5.88 Å². The van der Waals surface area contributed by atoms with Crippen LogP contribution in [0.3, 0.4) is 0 Å². The molecule has 1 aliphatic heterocycles. The van der Waals surface area contributed by atoms with E-state index in [0.29, 0.717) is 30.2 Å². The number of ether oxygens (including phenoxy) is 2. The molecule has 0 aliphatic carbocycles. The summed E-state index contributed by atoms with van der Waals surface area (Å²) in [5, 5.41) is 5.73. The summed E-state index contributed by atoms with van der Waals surface area (Å²) in [6.45, 7) is 0.00836. The van der Waals surface area contributed by atoms with Crippen molar-refractivity contribution >= 4 is 23.5 Å². The molecule has 11 heteroatoms. The molecule has 0 radical (unpaired) electrons. The van der Waals surface area contributed by atoms with E-state index in [1.165, 1.54) is 7.11 Å². The molecule has 0 spiro atoms. The van der Waals surface area contributed by atoms with Crippen LogP contribution in [-0.4, -0.2) is 54.3 Å². The molecule has 172 valence electrons. The molecule has 1 aromatic heterocycles. The van der Waals surface area contributed by atoms with Crippen molar-refractivity contribution in [1.82, 2.24) is 9.88 Å². The Balaban J connectivity index is 1.61.